The van der Waals surface area contributed by atoms with Gasteiger partial charge in [0.25, 0.3) is 0 Å². The van der Waals surface area contributed by atoms with Crippen LogP contribution < -0.4 is 14.5 Å². The summed E-state index contributed by atoms with van der Waals surface area (Å²) in [7, 11) is 0. The summed E-state index contributed by atoms with van der Waals surface area (Å²) in [5.41, 5.74) is 5.10. The molecule has 6 nitrogen and oxygen atoms in total. The van der Waals surface area contributed by atoms with Gasteiger partial charge in [0.1, 0.15) is 12.4 Å². The van der Waals surface area contributed by atoms with E-state index < -0.39 is 0 Å². The highest BCUT2D eigenvalue weighted by Crippen LogP contribution is 2.69. The number of imide groups is 1. The standard InChI is InChI=1S/C34H30N2O4S2/c1-17-7-11-19(12-8-17)16-40-24-6-4-3-5-21(24)25-26-22-15-23(29(26)41-31-30(25)42-34(39)35-31)28-27(22)32(37)36(33(28)38)20-13-9-18(2)10-14-20/h3-14,22-23,25-29H,15-16H2,1-2H3,(H,35,39)/t22?,23?,25-,26?,27?,28?,29?/m1/s1. The fraction of sp³-hybridized carbons (Fsp3) is 0.324. The zero-order valence-corrected chi connectivity index (χ0v) is 24.9. The van der Waals surface area contributed by atoms with Crippen LogP contribution in [-0.2, 0) is 16.2 Å². The second-order valence-corrected chi connectivity index (χ2v) is 14.3. The molecule has 0 radical (unpaired) electrons. The van der Waals surface area contributed by atoms with Crippen molar-refractivity contribution >= 4 is 40.6 Å². The van der Waals surface area contributed by atoms with Gasteiger partial charge >= 0.3 is 4.87 Å². The molecule has 4 aromatic rings. The Morgan fingerprint density at radius 3 is 2.26 bits per heavy atom. The number of carbonyl (C=O) groups excluding carboxylic acids is 2. The van der Waals surface area contributed by atoms with Crippen molar-refractivity contribution < 1.29 is 14.3 Å². The zero-order valence-electron chi connectivity index (χ0n) is 23.3. The number of aromatic amines is 1. The molecule has 0 spiro atoms. The molecule has 7 atom stereocenters. The van der Waals surface area contributed by atoms with E-state index in [-0.39, 0.29) is 57.4 Å². The molecular formula is C34H30N2O4S2. The fourth-order valence-electron chi connectivity index (χ4n) is 8.03. The van der Waals surface area contributed by atoms with E-state index in [2.05, 4.69) is 42.2 Å². The SMILES string of the molecule is Cc1ccc(COc2ccccc2[C@H]2c3sc(=O)[nH]c3SC3C4CC(C5C(=O)N(c6ccc(C)cc6)C(=O)C45)C32)cc1. The Bertz CT molecular complexity index is 1780. The number of hydrogen-bond donors (Lipinski definition) is 1. The Labute approximate surface area is 252 Å². The predicted octanol–water partition coefficient (Wildman–Crippen LogP) is 6.31. The van der Waals surface area contributed by atoms with Gasteiger partial charge in [-0.15, -0.1) is 11.8 Å². The van der Waals surface area contributed by atoms with E-state index >= 15 is 0 Å². The van der Waals surface area contributed by atoms with Gasteiger partial charge in [0.2, 0.25) is 11.8 Å². The number of rotatable bonds is 5. The maximum atomic E-state index is 14.0. The van der Waals surface area contributed by atoms with Crippen LogP contribution in [0.2, 0.25) is 0 Å². The number of nitrogens with zero attached hydrogens (tertiary/aromatic N) is 1. The molecule has 6 unspecified atom stereocenters. The van der Waals surface area contributed by atoms with Crippen molar-refractivity contribution in [3.8, 4) is 5.75 Å². The van der Waals surface area contributed by atoms with Crippen LogP contribution in [0.1, 0.15) is 39.5 Å². The maximum Gasteiger partial charge on any atom is 0.305 e. The number of carbonyl (C=O) groups is 2. The van der Waals surface area contributed by atoms with E-state index in [0.717, 1.165) is 38.8 Å². The van der Waals surface area contributed by atoms with Crippen LogP contribution in [0.4, 0.5) is 5.69 Å². The van der Waals surface area contributed by atoms with Gasteiger partial charge in [-0.05, 0) is 61.8 Å². The molecule has 3 fully saturated rings. The second-order valence-electron chi connectivity index (χ2n) is 12.1. The molecular weight excluding hydrogens is 565 g/mol. The summed E-state index contributed by atoms with van der Waals surface area (Å²) >= 11 is 2.98. The first-order chi connectivity index (χ1) is 20.4. The van der Waals surface area contributed by atoms with Gasteiger partial charge in [-0.3, -0.25) is 19.3 Å². The fourth-order valence-corrected chi connectivity index (χ4v) is 10.9. The first-order valence-corrected chi connectivity index (χ1v) is 16.2. The predicted molar refractivity (Wildman–Crippen MR) is 164 cm³/mol. The maximum absolute atomic E-state index is 14.0. The van der Waals surface area contributed by atoms with Crippen molar-refractivity contribution in [1.82, 2.24) is 4.98 Å². The lowest BCUT2D eigenvalue weighted by atomic mass is 9.68. The molecule has 2 saturated carbocycles. The van der Waals surface area contributed by atoms with Crippen molar-refractivity contribution in [3.63, 3.8) is 0 Å². The van der Waals surface area contributed by atoms with Crippen LogP contribution in [0.25, 0.3) is 0 Å². The number of thioether (sulfide) groups is 1. The summed E-state index contributed by atoms with van der Waals surface area (Å²) in [5.74, 6) is 0.213. The number of hydrogen-bond acceptors (Lipinski definition) is 6. The summed E-state index contributed by atoms with van der Waals surface area (Å²) in [6.45, 7) is 4.51. The van der Waals surface area contributed by atoms with Gasteiger partial charge in [-0.25, -0.2) is 0 Å². The summed E-state index contributed by atoms with van der Waals surface area (Å²) in [4.78, 5) is 46.0. The average Bonchev–Trinajstić information content (AvgIpc) is 3.72. The van der Waals surface area contributed by atoms with Crippen molar-refractivity contribution in [1.29, 1.82) is 0 Å². The van der Waals surface area contributed by atoms with Gasteiger partial charge in [-0.2, -0.15) is 0 Å². The molecule has 2 amide bonds. The topological polar surface area (TPSA) is 79.5 Å². The Balaban J connectivity index is 1.18. The number of H-pyrrole nitrogens is 1. The minimum Gasteiger partial charge on any atom is -0.489 e. The van der Waals surface area contributed by atoms with Crippen molar-refractivity contribution in [2.24, 2.45) is 29.6 Å². The highest BCUT2D eigenvalue weighted by atomic mass is 32.2. The van der Waals surface area contributed by atoms with Crippen molar-refractivity contribution in [3.05, 3.63) is 110 Å². The number of benzene rings is 3. The number of thiazole rings is 1. The first-order valence-electron chi connectivity index (χ1n) is 14.5. The number of aromatic nitrogens is 1. The highest BCUT2D eigenvalue weighted by Gasteiger charge is 2.69. The molecule has 8 rings (SSSR count). The molecule has 8 heteroatoms. The number of anilines is 1. The van der Waals surface area contributed by atoms with E-state index in [9.17, 15) is 14.4 Å². The Morgan fingerprint density at radius 1 is 0.857 bits per heavy atom. The normalized spacial score (nSPS) is 29.0. The minimum absolute atomic E-state index is 0.0601. The minimum atomic E-state index is -0.328. The molecule has 2 bridgehead atoms. The Kier molecular flexibility index (Phi) is 6.02. The Morgan fingerprint density at radius 2 is 1.52 bits per heavy atom. The molecule has 1 aromatic heterocycles. The molecule has 1 saturated heterocycles. The quantitative estimate of drug-likeness (QED) is 0.274. The van der Waals surface area contributed by atoms with E-state index in [1.165, 1.54) is 21.8 Å². The second kappa shape index (κ2) is 9.71. The lowest BCUT2D eigenvalue weighted by Gasteiger charge is -2.43. The van der Waals surface area contributed by atoms with Crippen LogP contribution in [0.3, 0.4) is 0 Å². The third kappa shape index (κ3) is 3.88. The smallest absolute Gasteiger partial charge is 0.305 e. The van der Waals surface area contributed by atoms with Crippen LogP contribution in [0.5, 0.6) is 5.75 Å². The number of nitrogens with one attached hydrogen (secondary N) is 1. The lowest BCUT2D eigenvalue weighted by Crippen LogP contribution is -2.42. The van der Waals surface area contributed by atoms with Gasteiger partial charge in [-0.1, -0.05) is 77.1 Å². The number of para-hydroxylation sites is 1. The summed E-state index contributed by atoms with van der Waals surface area (Å²) < 4.78 is 6.46. The molecule has 1 N–H and O–H groups in total. The Hall–Kier alpha value is -3.62. The van der Waals surface area contributed by atoms with E-state index in [1.807, 2.05) is 49.4 Å². The monoisotopic (exact) mass is 594 g/mol. The molecule has 3 heterocycles. The van der Waals surface area contributed by atoms with Crippen molar-refractivity contribution in [2.75, 3.05) is 4.90 Å². The largest absolute Gasteiger partial charge is 0.489 e. The van der Waals surface area contributed by atoms with Crippen molar-refractivity contribution in [2.45, 2.75) is 43.1 Å². The number of aryl methyl sites for hydroxylation is 2. The van der Waals surface area contributed by atoms with Gasteiger partial charge in [0, 0.05) is 21.6 Å². The number of ether oxygens (including phenoxy) is 1. The van der Waals surface area contributed by atoms with Crippen LogP contribution in [-0.4, -0.2) is 22.0 Å². The molecule has 42 heavy (non-hydrogen) atoms. The van der Waals surface area contributed by atoms with Crippen LogP contribution >= 0.6 is 23.1 Å². The molecule has 212 valence electrons. The third-order valence-electron chi connectivity index (χ3n) is 9.79. The van der Waals surface area contributed by atoms with Gasteiger partial charge < -0.3 is 9.72 Å². The zero-order chi connectivity index (χ0) is 28.7. The highest BCUT2D eigenvalue weighted by molar-refractivity contribution is 8.00. The summed E-state index contributed by atoms with van der Waals surface area (Å²) in [6.07, 6.45) is 0.860. The molecule has 3 aromatic carbocycles. The molecule has 2 aliphatic carbocycles. The summed E-state index contributed by atoms with van der Waals surface area (Å²) in [6, 6.07) is 24.1. The van der Waals surface area contributed by atoms with E-state index in [4.69, 9.17) is 4.74 Å². The van der Waals surface area contributed by atoms with Crippen LogP contribution in [0, 0.1) is 43.4 Å². The van der Waals surface area contributed by atoms with E-state index in [0.29, 0.717) is 12.3 Å². The van der Waals surface area contributed by atoms with Gasteiger partial charge in [0.15, 0.2) is 0 Å². The number of amides is 2. The average molecular weight is 595 g/mol. The van der Waals surface area contributed by atoms with E-state index in [1.54, 1.807) is 11.8 Å². The lowest BCUT2D eigenvalue weighted by molar-refractivity contribution is -0.123. The first kappa shape index (κ1) is 26.0. The summed E-state index contributed by atoms with van der Waals surface area (Å²) in [5, 5.41) is 1.04. The molecule has 2 aliphatic heterocycles. The number of fused-ring (bicyclic) bond motifs is 9. The third-order valence-corrected chi connectivity index (χ3v) is 12.4. The molecule has 4 aliphatic rings. The van der Waals surface area contributed by atoms with Gasteiger partial charge in [0.05, 0.1) is 22.5 Å². The van der Waals surface area contributed by atoms with Crippen LogP contribution in [0.15, 0.2) is 82.6 Å².